The number of nitrogens with zero attached hydrogens (tertiary/aromatic N) is 1. The van der Waals surface area contributed by atoms with Crippen LogP contribution >= 0.6 is 12.2 Å². The highest BCUT2D eigenvalue weighted by atomic mass is 32.1. The fourth-order valence-electron chi connectivity index (χ4n) is 1.94. The number of hydrogen-bond acceptors (Lipinski definition) is 2. The summed E-state index contributed by atoms with van der Waals surface area (Å²) in [5.74, 6) is 0.333. The van der Waals surface area contributed by atoms with Crippen LogP contribution in [0.1, 0.15) is 19.4 Å². The first-order valence-electron chi connectivity index (χ1n) is 6.64. The van der Waals surface area contributed by atoms with Crippen molar-refractivity contribution in [3.05, 3.63) is 53.7 Å². The van der Waals surface area contributed by atoms with Gasteiger partial charge in [0.2, 0.25) is 0 Å². The van der Waals surface area contributed by atoms with Crippen LogP contribution in [0, 0.1) is 5.92 Å². The smallest absolute Gasteiger partial charge is 0.276 e. The van der Waals surface area contributed by atoms with Crippen LogP contribution < -0.4 is 5.32 Å². The second-order valence-corrected chi connectivity index (χ2v) is 5.48. The molecule has 20 heavy (non-hydrogen) atoms. The maximum absolute atomic E-state index is 12.2. The van der Waals surface area contributed by atoms with Gasteiger partial charge in [0.1, 0.15) is 5.70 Å². The molecular formula is C16H18N2OS. The van der Waals surface area contributed by atoms with E-state index in [1.807, 2.05) is 42.5 Å². The molecule has 2 rings (SSSR count). The lowest BCUT2D eigenvalue weighted by Gasteiger charge is -2.15. The van der Waals surface area contributed by atoms with Gasteiger partial charge in [-0.3, -0.25) is 9.69 Å². The number of benzene rings is 1. The Hall–Kier alpha value is -1.94. The van der Waals surface area contributed by atoms with Crippen LogP contribution in [0.2, 0.25) is 0 Å². The lowest BCUT2D eigenvalue weighted by Crippen LogP contribution is -2.33. The highest BCUT2D eigenvalue weighted by molar-refractivity contribution is 7.80. The van der Waals surface area contributed by atoms with Crippen LogP contribution in [0.25, 0.3) is 6.08 Å². The molecule has 1 N–H and O–H groups in total. The molecule has 1 aromatic rings. The summed E-state index contributed by atoms with van der Waals surface area (Å²) >= 11 is 5.19. The molecule has 4 heteroatoms. The SMILES string of the molecule is CC(C)CN1C(=O)/C(=C/C=C/c2ccccc2)NC1=S. The Morgan fingerprint density at radius 2 is 2.00 bits per heavy atom. The molecule has 1 aliphatic heterocycles. The summed E-state index contributed by atoms with van der Waals surface area (Å²) in [6.07, 6.45) is 5.58. The molecule has 1 saturated heterocycles. The lowest BCUT2D eigenvalue weighted by molar-refractivity contribution is -0.122. The summed E-state index contributed by atoms with van der Waals surface area (Å²) in [5.41, 5.74) is 1.62. The highest BCUT2D eigenvalue weighted by Crippen LogP contribution is 2.12. The number of nitrogens with one attached hydrogen (secondary N) is 1. The van der Waals surface area contributed by atoms with E-state index in [4.69, 9.17) is 12.2 Å². The second kappa shape index (κ2) is 6.48. The summed E-state index contributed by atoms with van der Waals surface area (Å²) in [5, 5.41) is 3.45. The predicted octanol–water partition coefficient (Wildman–Crippen LogP) is 2.96. The number of thiocarbonyl (C=S) groups is 1. The van der Waals surface area contributed by atoms with Gasteiger partial charge in [0, 0.05) is 6.54 Å². The van der Waals surface area contributed by atoms with Gasteiger partial charge in [-0.05, 0) is 29.8 Å². The van der Waals surface area contributed by atoms with Gasteiger partial charge >= 0.3 is 0 Å². The van der Waals surface area contributed by atoms with Crippen LogP contribution in [0.15, 0.2) is 48.2 Å². The van der Waals surface area contributed by atoms with Gasteiger partial charge in [0.15, 0.2) is 5.11 Å². The van der Waals surface area contributed by atoms with E-state index in [2.05, 4.69) is 19.2 Å². The van der Waals surface area contributed by atoms with Gasteiger partial charge in [-0.2, -0.15) is 0 Å². The van der Waals surface area contributed by atoms with Crippen LogP contribution in [-0.2, 0) is 4.79 Å². The van der Waals surface area contributed by atoms with Crippen molar-refractivity contribution in [2.24, 2.45) is 5.92 Å². The van der Waals surface area contributed by atoms with E-state index in [-0.39, 0.29) is 5.91 Å². The third-order valence-electron chi connectivity index (χ3n) is 2.86. The minimum atomic E-state index is -0.0542. The van der Waals surface area contributed by atoms with Crippen LogP contribution in [-0.4, -0.2) is 22.5 Å². The van der Waals surface area contributed by atoms with Gasteiger partial charge in [-0.1, -0.05) is 56.3 Å². The minimum absolute atomic E-state index is 0.0542. The molecule has 0 saturated carbocycles. The fourth-order valence-corrected chi connectivity index (χ4v) is 2.20. The Morgan fingerprint density at radius 1 is 1.30 bits per heavy atom. The quantitative estimate of drug-likeness (QED) is 0.682. The van der Waals surface area contributed by atoms with Gasteiger partial charge in [-0.25, -0.2) is 0 Å². The van der Waals surface area contributed by atoms with Gasteiger partial charge < -0.3 is 5.32 Å². The van der Waals surface area contributed by atoms with E-state index in [9.17, 15) is 4.79 Å². The minimum Gasteiger partial charge on any atom is -0.328 e. The maximum atomic E-state index is 12.2. The van der Waals surface area contributed by atoms with Gasteiger partial charge in [-0.15, -0.1) is 0 Å². The molecule has 0 aromatic heterocycles. The van der Waals surface area contributed by atoms with Crippen LogP contribution in [0.3, 0.4) is 0 Å². The standard InChI is InChI=1S/C16H18N2OS/c1-12(2)11-18-15(19)14(17-16(18)20)10-6-9-13-7-4-3-5-8-13/h3-10,12H,11H2,1-2H3,(H,17,20)/b9-6+,14-10-. The van der Waals surface area contributed by atoms with Crippen molar-refractivity contribution in [1.29, 1.82) is 0 Å². The molecule has 104 valence electrons. The summed E-state index contributed by atoms with van der Waals surface area (Å²) in [6.45, 7) is 4.77. The molecule has 0 bridgehead atoms. The van der Waals surface area contributed by atoms with E-state index < -0.39 is 0 Å². The molecule has 1 heterocycles. The molecule has 1 amide bonds. The lowest BCUT2D eigenvalue weighted by atomic mass is 10.2. The zero-order valence-electron chi connectivity index (χ0n) is 11.7. The topological polar surface area (TPSA) is 32.3 Å². The molecule has 1 aliphatic rings. The first-order chi connectivity index (χ1) is 9.58. The number of hydrogen-bond donors (Lipinski definition) is 1. The average molecular weight is 286 g/mol. The Balaban J connectivity index is 2.07. The first-order valence-corrected chi connectivity index (χ1v) is 7.05. The third kappa shape index (κ3) is 3.54. The molecule has 0 radical (unpaired) electrons. The summed E-state index contributed by atoms with van der Waals surface area (Å²) in [6, 6.07) is 9.94. The summed E-state index contributed by atoms with van der Waals surface area (Å²) in [7, 11) is 0. The average Bonchev–Trinajstić information content (AvgIpc) is 2.67. The van der Waals surface area contributed by atoms with Crippen molar-refractivity contribution in [3.8, 4) is 0 Å². The molecular weight excluding hydrogens is 268 g/mol. The zero-order valence-corrected chi connectivity index (χ0v) is 12.5. The van der Waals surface area contributed by atoms with Gasteiger partial charge in [0.05, 0.1) is 0 Å². The van der Waals surface area contributed by atoms with Gasteiger partial charge in [0.25, 0.3) is 5.91 Å². The first kappa shape index (κ1) is 14.5. The maximum Gasteiger partial charge on any atom is 0.276 e. The van der Waals surface area contributed by atoms with Crippen molar-refractivity contribution in [3.63, 3.8) is 0 Å². The Labute approximate surface area is 125 Å². The second-order valence-electron chi connectivity index (χ2n) is 5.09. The predicted molar refractivity (Wildman–Crippen MR) is 85.8 cm³/mol. The number of rotatable bonds is 4. The molecule has 0 atom stereocenters. The normalized spacial score (nSPS) is 17.6. The zero-order chi connectivity index (χ0) is 14.5. The summed E-state index contributed by atoms with van der Waals surface area (Å²) < 4.78 is 0. The monoisotopic (exact) mass is 286 g/mol. The van der Waals surface area contributed by atoms with Crippen molar-refractivity contribution >= 4 is 29.3 Å². The molecule has 3 nitrogen and oxygen atoms in total. The van der Waals surface area contributed by atoms with E-state index in [0.717, 1.165) is 5.56 Å². The fraction of sp³-hybridized carbons (Fsp3) is 0.250. The molecule has 0 unspecified atom stereocenters. The molecule has 0 spiro atoms. The van der Waals surface area contributed by atoms with Crippen molar-refractivity contribution in [2.45, 2.75) is 13.8 Å². The highest BCUT2D eigenvalue weighted by Gasteiger charge is 2.30. The molecule has 1 aromatic carbocycles. The molecule has 0 aliphatic carbocycles. The van der Waals surface area contributed by atoms with E-state index in [1.54, 1.807) is 11.0 Å². The van der Waals surface area contributed by atoms with Crippen LogP contribution in [0.4, 0.5) is 0 Å². The number of allylic oxidation sites excluding steroid dienone is 2. The van der Waals surface area contributed by atoms with Crippen molar-refractivity contribution in [1.82, 2.24) is 10.2 Å². The van der Waals surface area contributed by atoms with E-state index in [1.165, 1.54) is 0 Å². The summed E-state index contributed by atoms with van der Waals surface area (Å²) in [4.78, 5) is 13.8. The Kier molecular flexibility index (Phi) is 4.69. The van der Waals surface area contributed by atoms with E-state index in [0.29, 0.717) is 23.3 Å². The number of carbonyl (C=O) groups excluding carboxylic acids is 1. The third-order valence-corrected chi connectivity index (χ3v) is 3.18. The van der Waals surface area contributed by atoms with Crippen molar-refractivity contribution in [2.75, 3.05) is 6.54 Å². The largest absolute Gasteiger partial charge is 0.328 e. The Morgan fingerprint density at radius 3 is 2.65 bits per heavy atom. The van der Waals surface area contributed by atoms with E-state index >= 15 is 0 Å². The number of amides is 1. The number of carbonyl (C=O) groups is 1. The van der Waals surface area contributed by atoms with Crippen LogP contribution in [0.5, 0.6) is 0 Å². The Bertz CT molecular complexity index is 561. The molecule has 1 fully saturated rings. The van der Waals surface area contributed by atoms with Crippen molar-refractivity contribution < 1.29 is 4.79 Å².